The van der Waals surface area contributed by atoms with Gasteiger partial charge in [-0.2, -0.15) is 0 Å². The van der Waals surface area contributed by atoms with E-state index in [2.05, 4.69) is 13.8 Å². The Kier molecular flexibility index (Phi) is 3.63. The largest absolute Gasteiger partial charge is 0.341 e. The molecule has 0 aromatic carbocycles. The molecule has 0 aromatic heterocycles. The Balaban J connectivity index is 1.61. The average Bonchev–Trinajstić information content (AvgIpc) is 3.20. The summed E-state index contributed by atoms with van der Waals surface area (Å²) in [6.45, 7) is 5.77. The molecule has 3 fully saturated rings. The van der Waals surface area contributed by atoms with Gasteiger partial charge in [-0.1, -0.05) is 13.8 Å². The molecule has 1 aliphatic carbocycles. The molecule has 0 spiro atoms. The number of likely N-dealkylation sites (tertiary alicyclic amines) is 1. The van der Waals surface area contributed by atoms with Gasteiger partial charge in [0.15, 0.2) is 0 Å². The number of urea groups is 1. The first-order valence-corrected chi connectivity index (χ1v) is 7.84. The monoisotopic (exact) mass is 293 g/mol. The van der Waals surface area contributed by atoms with Crippen LogP contribution in [0.1, 0.15) is 33.1 Å². The van der Waals surface area contributed by atoms with Crippen molar-refractivity contribution in [2.75, 3.05) is 26.2 Å². The minimum absolute atomic E-state index is 0.0969. The topological polar surface area (TPSA) is 60.9 Å². The van der Waals surface area contributed by atoms with Crippen LogP contribution in [0.25, 0.3) is 0 Å². The van der Waals surface area contributed by atoms with E-state index in [1.54, 1.807) is 9.80 Å². The Bertz CT molecular complexity index is 465. The van der Waals surface area contributed by atoms with Crippen LogP contribution >= 0.6 is 0 Å². The van der Waals surface area contributed by atoms with Crippen molar-refractivity contribution in [3.8, 4) is 0 Å². The van der Waals surface area contributed by atoms with Gasteiger partial charge >= 0.3 is 6.03 Å². The third kappa shape index (κ3) is 2.89. The van der Waals surface area contributed by atoms with Crippen molar-refractivity contribution in [2.45, 2.75) is 39.2 Å². The zero-order chi connectivity index (χ0) is 15.1. The van der Waals surface area contributed by atoms with Crippen molar-refractivity contribution >= 4 is 17.8 Å². The molecular formula is C15H23N3O3. The van der Waals surface area contributed by atoms with Gasteiger partial charge in [0.05, 0.1) is 0 Å². The summed E-state index contributed by atoms with van der Waals surface area (Å²) in [5, 5.41) is 0. The second kappa shape index (κ2) is 5.31. The molecule has 116 valence electrons. The zero-order valence-corrected chi connectivity index (χ0v) is 12.7. The first kappa shape index (κ1) is 14.4. The maximum absolute atomic E-state index is 12.4. The van der Waals surface area contributed by atoms with Gasteiger partial charge in [0.1, 0.15) is 13.1 Å². The summed E-state index contributed by atoms with van der Waals surface area (Å²) in [5.41, 5.74) is 0. The third-order valence-electron chi connectivity index (χ3n) is 4.59. The molecule has 2 atom stereocenters. The van der Waals surface area contributed by atoms with Crippen molar-refractivity contribution in [1.29, 1.82) is 0 Å². The highest BCUT2D eigenvalue weighted by Gasteiger charge is 2.44. The Morgan fingerprint density at radius 3 is 2.33 bits per heavy atom. The van der Waals surface area contributed by atoms with E-state index in [0.717, 1.165) is 37.3 Å². The summed E-state index contributed by atoms with van der Waals surface area (Å²) >= 11 is 0. The molecule has 4 amide bonds. The standard InChI is InChI=1S/C15H23N3O3/c1-10-5-11(2)7-16(6-10)13(19)8-18-14(20)9-17(15(18)21)12-3-4-12/h10-12H,3-9H2,1-2H3. The van der Waals surface area contributed by atoms with E-state index in [1.165, 1.54) is 0 Å². The molecule has 0 bridgehead atoms. The zero-order valence-electron chi connectivity index (χ0n) is 12.7. The molecule has 2 aliphatic heterocycles. The molecule has 2 heterocycles. The molecule has 6 heteroatoms. The van der Waals surface area contributed by atoms with E-state index >= 15 is 0 Å². The molecule has 6 nitrogen and oxygen atoms in total. The summed E-state index contributed by atoms with van der Waals surface area (Å²) in [6, 6.07) is -0.0643. The van der Waals surface area contributed by atoms with E-state index in [1.807, 2.05) is 0 Å². The number of imide groups is 1. The minimum Gasteiger partial charge on any atom is -0.341 e. The van der Waals surface area contributed by atoms with E-state index in [-0.39, 0.29) is 37.0 Å². The lowest BCUT2D eigenvalue weighted by Gasteiger charge is -2.35. The van der Waals surface area contributed by atoms with Crippen molar-refractivity contribution in [2.24, 2.45) is 11.8 Å². The Hall–Kier alpha value is -1.59. The Morgan fingerprint density at radius 2 is 1.76 bits per heavy atom. The maximum Gasteiger partial charge on any atom is 0.327 e. The number of amides is 4. The van der Waals surface area contributed by atoms with Crippen LogP contribution in [0.15, 0.2) is 0 Å². The van der Waals surface area contributed by atoms with Crippen LogP contribution in [0.3, 0.4) is 0 Å². The van der Waals surface area contributed by atoms with Gasteiger partial charge in [0.2, 0.25) is 5.91 Å². The van der Waals surface area contributed by atoms with Crippen LogP contribution in [0, 0.1) is 11.8 Å². The molecule has 0 N–H and O–H groups in total. The van der Waals surface area contributed by atoms with Gasteiger partial charge in [-0.3, -0.25) is 14.5 Å². The third-order valence-corrected chi connectivity index (χ3v) is 4.59. The lowest BCUT2D eigenvalue weighted by Crippen LogP contribution is -2.48. The fourth-order valence-corrected chi connectivity index (χ4v) is 3.49. The van der Waals surface area contributed by atoms with Crippen molar-refractivity contribution in [3.63, 3.8) is 0 Å². The number of carbonyl (C=O) groups excluding carboxylic acids is 3. The van der Waals surface area contributed by atoms with Crippen LogP contribution in [0.5, 0.6) is 0 Å². The van der Waals surface area contributed by atoms with Crippen molar-refractivity contribution < 1.29 is 14.4 Å². The fraction of sp³-hybridized carbons (Fsp3) is 0.800. The van der Waals surface area contributed by atoms with Gasteiger partial charge < -0.3 is 9.80 Å². The Morgan fingerprint density at radius 1 is 1.14 bits per heavy atom. The fourth-order valence-electron chi connectivity index (χ4n) is 3.49. The summed E-state index contributed by atoms with van der Waals surface area (Å²) in [5.74, 6) is 0.613. The molecule has 0 radical (unpaired) electrons. The number of hydrogen-bond donors (Lipinski definition) is 0. The highest BCUT2D eigenvalue weighted by molar-refractivity contribution is 6.04. The molecule has 3 rings (SSSR count). The number of carbonyl (C=O) groups is 3. The summed E-state index contributed by atoms with van der Waals surface area (Å²) in [4.78, 5) is 41.1. The highest BCUT2D eigenvalue weighted by Crippen LogP contribution is 2.30. The number of nitrogens with zero attached hydrogens (tertiary/aromatic N) is 3. The van der Waals surface area contributed by atoms with E-state index in [4.69, 9.17) is 0 Å². The maximum atomic E-state index is 12.4. The molecule has 1 saturated carbocycles. The van der Waals surface area contributed by atoms with E-state index in [0.29, 0.717) is 11.8 Å². The Labute approximate surface area is 125 Å². The summed E-state index contributed by atoms with van der Waals surface area (Å²) in [7, 11) is 0. The first-order valence-electron chi connectivity index (χ1n) is 7.84. The van der Waals surface area contributed by atoms with Gasteiger partial charge in [0.25, 0.3) is 5.91 Å². The van der Waals surface area contributed by atoms with Gasteiger partial charge in [-0.15, -0.1) is 0 Å². The number of rotatable bonds is 3. The summed E-state index contributed by atoms with van der Waals surface area (Å²) in [6.07, 6.45) is 3.07. The molecule has 2 unspecified atom stereocenters. The lowest BCUT2D eigenvalue weighted by molar-refractivity contribution is -0.138. The number of piperidine rings is 1. The molecule has 0 aromatic rings. The minimum atomic E-state index is -0.283. The molecule has 2 saturated heterocycles. The molecule has 21 heavy (non-hydrogen) atoms. The predicted octanol–water partition coefficient (Wildman–Crippen LogP) is 0.917. The van der Waals surface area contributed by atoms with Crippen LogP contribution in [-0.4, -0.2) is 64.8 Å². The predicted molar refractivity (Wildman–Crippen MR) is 76.4 cm³/mol. The van der Waals surface area contributed by atoms with Gasteiger partial charge in [-0.05, 0) is 31.1 Å². The van der Waals surface area contributed by atoms with Gasteiger partial charge in [-0.25, -0.2) is 4.79 Å². The van der Waals surface area contributed by atoms with Crippen LogP contribution in [0.2, 0.25) is 0 Å². The first-order chi connectivity index (χ1) is 9.95. The summed E-state index contributed by atoms with van der Waals surface area (Å²) < 4.78 is 0. The normalized spacial score (nSPS) is 30.3. The number of hydrogen-bond acceptors (Lipinski definition) is 3. The van der Waals surface area contributed by atoms with Crippen molar-refractivity contribution in [3.05, 3.63) is 0 Å². The van der Waals surface area contributed by atoms with E-state index in [9.17, 15) is 14.4 Å². The molecule has 3 aliphatic rings. The van der Waals surface area contributed by atoms with Crippen LogP contribution in [-0.2, 0) is 9.59 Å². The highest BCUT2D eigenvalue weighted by atomic mass is 16.2. The average molecular weight is 293 g/mol. The second-order valence-electron chi connectivity index (χ2n) is 6.87. The molecular weight excluding hydrogens is 270 g/mol. The smallest absolute Gasteiger partial charge is 0.327 e. The van der Waals surface area contributed by atoms with Crippen LogP contribution < -0.4 is 0 Å². The quantitative estimate of drug-likeness (QED) is 0.727. The van der Waals surface area contributed by atoms with E-state index < -0.39 is 0 Å². The second-order valence-corrected chi connectivity index (χ2v) is 6.87. The SMILES string of the molecule is CC1CC(C)CN(C(=O)CN2C(=O)CN(C3CC3)C2=O)C1. The van der Waals surface area contributed by atoms with Crippen LogP contribution in [0.4, 0.5) is 4.79 Å². The van der Waals surface area contributed by atoms with Crippen molar-refractivity contribution in [1.82, 2.24) is 14.7 Å². The van der Waals surface area contributed by atoms with Gasteiger partial charge in [0, 0.05) is 19.1 Å². The lowest BCUT2D eigenvalue weighted by atomic mass is 9.92.